The Labute approximate surface area is 109 Å². The zero-order valence-electron chi connectivity index (χ0n) is 11.4. The van der Waals surface area contributed by atoms with Gasteiger partial charge in [-0.2, -0.15) is 0 Å². The third-order valence-corrected chi connectivity index (χ3v) is 3.16. The van der Waals surface area contributed by atoms with Gasteiger partial charge in [-0.05, 0) is 39.2 Å². The van der Waals surface area contributed by atoms with Crippen molar-refractivity contribution in [3.8, 4) is 0 Å². The number of amides is 1. The van der Waals surface area contributed by atoms with E-state index in [9.17, 15) is 4.79 Å². The van der Waals surface area contributed by atoms with Gasteiger partial charge in [0.15, 0.2) is 0 Å². The van der Waals surface area contributed by atoms with Crippen molar-refractivity contribution in [2.24, 2.45) is 0 Å². The number of hydrogen-bond donors (Lipinski definition) is 2. The van der Waals surface area contributed by atoms with Gasteiger partial charge in [0, 0.05) is 11.6 Å². The van der Waals surface area contributed by atoms with E-state index in [1.807, 2.05) is 39.0 Å². The van der Waals surface area contributed by atoms with Crippen molar-refractivity contribution >= 4 is 5.91 Å². The Morgan fingerprint density at radius 1 is 1.22 bits per heavy atom. The van der Waals surface area contributed by atoms with Crippen LogP contribution in [0.15, 0.2) is 30.3 Å². The highest BCUT2D eigenvalue weighted by atomic mass is 16.2. The van der Waals surface area contributed by atoms with Crippen LogP contribution < -0.4 is 10.6 Å². The summed E-state index contributed by atoms with van der Waals surface area (Å²) in [5.74, 6) is 0.112. The van der Waals surface area contributed by atoms with Crippen LogP contribution >= 0.6 is 0 Å². The maximum Gasteiger partial charge on any atom is 0.237 e. The highest BCUT2D eigenvalue weighted by Crippen LogP contribution is 2.26. The smallest absolute Gasteiger partial charge is 0.237 e. The lowest BCUT2D eigenvalue weighted by molar-refractivity contribution is -0.124. The second-order valence-corrected chi connectivity index (χ2v) is 6.00. The summed E-state index contributed by atoms with van der Waals surface area (Å²) < 4.78 is 0. The van der Waals surface area contributed by atoms with Gasteiger partial charge in [0.05, 0.1) is 6.04 Å². The highest BCUT2D eigenvalue weighted by Gasteiger charge is 2.31. The molecule has 0 bridgehead atoms. The van der Waals surface area contributed by atoms with Crippen LogP contribution in [0.4, 0.5) is 0 Å². The number of benzene rings is 1. The first kappa shape index (κ1) is 13.1. The lowest BCUT2D eigenvalue weighted by Gasteiger charge is -2.23. The summed E-state index contributed by atoms with van der Waals surface area (Å²) in [5.41, 5.74) is 1.10. The molecule has 0 saturated carbocycles. The zero-order chi connectivity index (χ0) is 13.2. The van der Waals surface area contributed by atoms with Gasteiger partial charge in [-0.3, -0.25) is 10.1 Å². The van der Waals surface area contributed by atoms with Gasteiger partial charge in [0.2, 0.25) is 5.91 Å². The molecule has 1 fully saturated rings. The van der Waals surface area contributed by atoms with Gasteiger partial charge in [0.1, 0.15) is 0 Å². The predicted molar refractivity (Wildman–Crippen MR) is 73.2 cm³/mol. The zero-order valence-corrected chi connectivity index (χ0v) is 11.4. The van der Waals surface area contributed by atoms with E-state index in [-0.39, 0.29) is 17.5 Å². The standard InChI is InChI=1S/C15H22N2O/c1-15(2,3)17-14(18)13-10-9-12(16-13)11-7-5-4-6-8-11/h4-8,12-13,16H,9-10H2,1-3H3,(H,17,18). The molecule has 0 radical (unpaired) electrons. The molecular weight excluding hydrogens is 224 g/mol. The van der Waals surface area contributed by atoms with Gasteiger partial charge in [-0.15, -0.1) is 0 Å². The van der Waals surface area contributed by atoms with Crippen LogP contribution in [0, 0.1) is 0 Å². The fourth-order valence-corrected chi connectivity index (χ4v) is 2.35. The fraction of sp³-hybridized carbons (Fsp3) is 0.533. The molecule has 0 aromatic heterocycles. The van der Waals surface area contributed by atoms with Crippen molar-refractivity contribution in [2.45, 2.75) is 51.2 Å². The van der Waals surface area contributed by atoms with Gasteiger partial charge < -0.3 is 5.32 Å². The minimum atomic E-state index is -0.163. The molecule has 1 saturated heterocycles. The molecule has 18 heavy (non-hydrogen) atoms. The molecule has 1 aromatic carbocycles. The molecule has 1 heterocycles. The molecule has 1 amide bonds. The van der Waals surface area contributed by atoms with Gasteiger partial charge in [0.25, 0.3) is 0 Å². The van der Waals surface area contributed by atoms with Crippen LogP contribution in [-0.2, 0) is 4.79 Å². The highest BCUT2D eigenvalue weighted by molar-refractivity contribution is 5.82. The maximum atomic E-state index is 12.1. The van der Waals surface area contributed by atoms with Crippen LogP contribution in [0.1, 0.15) is 45.2 Å². The molecule has 2 atom stereocenters. The number of rotatable bonds is 2. The summed E-state index contributed by atoms with van der Waals surface area (Å²) in [6.07, 6.45) is 1.92. The largest absolute Gasteiger partial charge is 0.350 e. The lowest BCUT2D eigenvalue weighted by atomic mass is 10.1. The molecule has 0 aliphatic carbocycles. The lowest BCUT2D eigenvalue weighted by Crippen LogP contribution is -2.48. The molecule has 3 heteroatoms. The van der Waals surface area contributed by atoms with Crippen LogP contribution in [0.25, 0.3) is 0 Å². The van der Waals surface area contributed by atoms with Gasteiger partial charge in [-0.25, -0.2) is 0 Å². The molecule has 2 N–H and O–H groups in total. The predicted octanol–water partition coefficient (Wildman–Crippen LogP) is 2.39. The minimum Gasteiger partial charge on any atom is -0.350 e. The summed E-state index contributed by atoms with van der Waals surface area (Å²) in [6.45, 7) is 6.03. The molecule has 3 nitrogen and oxygen atoms in total. The summed E-state index contributed by atoms with van der Waals surface area (Å²) in [5, 5.41) is 6.45. The first-order valence-corrected chi connectivity index (χ1v) is 6.59. The van der Waals surface area contributed by atoms with Crippen LogP contribution in [0.5, 0.6) is 0 Å². The van der Waals surface area contributed by atoms with Crippen molar-refractivity contribution in [2.75, 3.05) is 0 Å². The quantitative estimate of drug-likeness (QED) is 0.841. The summed E-state index contributed by atoms with van der Waals surface area (Å²) in [7, 11) is 0. The van der Waals surface area contributed by atoms with E-state index in [1.165, 1.54) is 5.56 Å². The first-order valence-electron chi connectivity index (χ1n) is 6.59. The van der Waals surface area contributed by atoms with Crippen molar-refractivity contribution in [1.82, 2.24) is 10.6 Å². The monoisotopic (exact) mass is 246 g/mol. The van der Waals surface area contributed by atoms with E-state index in [0.717, 1.165) is 12.8 Å². The molecule has 1 aliphatic rings. The Kier molecular flexibility index (Phi) is 3.71. The van der Waals surface area contributed by atoms with Crippen LogP contribution in [0.2, 0.25) is 0 Å². The number of nitrogens with one attached hydrogen (secondary N) is 2. The average molecular weight is 246 g/mol. The molecule has 1 aromatic rings. The molecule has 1 aliphatic heterocycles. The summed E-state index contributed by atoms with van der Waals surface area (Å²) >= 11 is 0. The van der Waals surface area contributed by atoms with E-state index in [0.29, 0.717) is 6.04 Å². The Morgan fingerprint density at radius 2 is 1.89 bits per heavy atom. The Hall–Kier alpha value is -1.35. The molecule has 98 valence electrons. The third-order valence-electron chi connectivity index (χ3n) is 3.16. The maximum absolute atomic E-state index is 12.1. The van der Waals surface area contributed by atoms with E-state index in [4.69, 9.17) is 0 Å². The first-order chi connectivity index (χ1) is 8.46. The molecular formula is C15H22N2O. The molecule has 2 unspecified atom stereocenters. The Bertz CT molecular complexity index is 408. The number of hydrogen-bond acceptors (Lipinski definition) is 2. The van der Waals surface area contributed by atoms with Crippen molar-refractivity contribution in [3.05, 3.63) is 35.9 Å². The van der Waals surface area contributed by atoms with Crippen LogP contribution in [-0.4, -0.2) is 17.5 Å². The van der Waals surface area contributed by atoms with E-state index in [2.05, 4.69) is 22.8 Å². The second kappa shape index (κ2) is 5.11. The summed E-state index contributed by atoms with van der Waals surface area (Å²) in [6, 6.07) is 10.6. The van der Waals surface area contributed by atoms with Crippen molar-refractivity contribution in [3.63, 3.8) is 0 Å². The number of carbonyl (C=O) groups is 1. The van der Waals surface area contributed by atoms with Crippen molar-refractivity contribution in [1.29, 1.82) is 0 Å². The van der Waals surface area contributed by atoms with Crippen molar-refractivity contribution < 1.29 is 4.79 Å². The second-order valence-electron chi connectivity index (χ2n) is 6.00. The van der Waals surface area contributed by atoms with Gasteiger partial charge >= 0.3 is 0 Å². The molecule has 2 rings (SSSR count). The fourth-order valence-electron chi connectivity index (χ4n) is 2.35. The third kappa shape index (κ3) is 3.33. The number of carbonyl (C=O) groups excluding carboxylic acids is 1. The van der Waals surface area contributed by atoms with E-state index in [1.54, 1.807) is 0 Å². The topological polar surface area (TPSA) is 41.1 Å². The molecule has 0 spiro atoms. The average Bonchev–Trinajstić information content (AvgIpc) is 2.77. The Morgan fingerprint density at radius 3 is 2.50 bits per heavy atom. The van der Waals surface area contributed by atoms with E-state index < -0.39 is 0 Å². The summed E-state index contributed by atoms with van der Waals surface area (Å²) in [4.78, 5) is 12.1. The minimum absolute atomic E-state index is 0.0607. The van der Waals surface area contributed by atoms with E-state index >= 15 is 0 Å². The Balaban J connectivity index is 1.95. The normalized spacial score (nSPS) is 23.9. The SMILES string of the molecule is CC(C)(C)NC(=O)C1CCC(c2ccccc2)N1. The van der Waals surface area contributed by atoms with Gasteiger partial charge in [-0.1, -0.05) is 30.3 Å². The van der Waals surface area contributed by atoms with Crippen LogP contribution in [0.3, 0.4) is 0 Å².